The van der Waals surface area contributed by atoms with Gasteiger partial charge in [-0.3, -0.25) is 9.59 Å². The van der Waals surface area contributed by atoms with E-state index in [-0.39, 0.29) is 62.7 Å². The lowest BCUT2D eigenvalue weighted by atomic mass is 10.0. The van der Waals surface area contributed by atoms with Gasteiger partial charge in [0.05, 0.1) is 31.3 Å². The Morgan fingerprint density at radius 1 is 0.789 bits per heavy atom. The van der Waals surface area contributed by atoms with Gasteiger partial charge in [-0.05, 0) is 115 Å². The van der Waals surface area contributed by atoms with Gasteiger partial charge in [0.2, 0.25) is 20.0 Å². The Balaban J connectivity index is 0.000000306. The monoisotopic (exact) mass is 866 g/mol. The standard InChI is InChI=1S/C21H31NO5S2.C20H27NO5S2/c1-15(2)12-18(20(24)27-21(3,4)5)22(9-10-23)29(25,26)14-16-6-7-19-17(13-16)8-11-28-19;1-4-9-26-10-8-21(18(20(22)23)12-15(2)3)28(24,25)14-16-5-6-19-17(13-16)7-11-27-19/h6-8,11,13,15,18,23H,9-10,12,14H2,1-5H3;4-7,11,13,15,18H,1,8-10,12,14H2,2-3H3,(H,22,23)/t2*18-/m11/s1. The third kappa shape index (κ3) is 15.2. The summed E-state index contributed by atoms with van der Waals surface area (Å²) in [6.45, 7) is 16.2. The van der Waals surface area contributed by atoms with Crippen molar-refractivity contribution < 1.29 is 46.1 Å². The normalized spacial score (nSPS) is 13.6. The molecule has 0 saturated carbocycles. The van der Waals surface area contributed by atoms with Crippen LogP contribution in [-0.4, -0.2) is 98.2 Å². The van der Waals surface area contributed by atoms with Gasteiger partial charge >= 0.3 is 11.9 Å². The second-order valence-electron chi connectivity index (χ2n) is 15.6. The Labute approximate surface area is 346 Å². The summed E-state index contributed by atoms with van der Waals surface area (Å²) in [5.41, 5.74) is 0.549. The summed E-state index contributed by atoms with van der Waals surface area (Å²) < 4.78 is 68.0. The van der Waals surface area contributed by atoms with Crippen LogP contribution in [0.1, 0.15) is 72.4 Å². The minimum atomic E-state index is -3.86. The molecule has 2 aromatic carbocycles. The average molecular weight is 867 g/mol. The van der Waals surface area contributed by atoms with Gasteiger partial charge < -0.3 is 19.7 Å². The number of carbonyl (C=O) groups is 2. The van der Waals surface area contributed by atoms with Gasteiger partial charge in [0.25, 0.3) is 0 Å². The fourth-order valence-corrected chi connectivity index (χ4v) is 11.0. The minimum absolute atomic E-state index is 0.0133. The van der Waals surface area contributed by atoms with Crippen molar-refractivity contribution in [3.8, 4) is 0 Å². The molecule has 316 valence electrons. The fourth-order valence-electron chi connectivity index (χ4n) is 6.13. The number of carbonyl (C=O) groups excluding carboxylic acids is 1. The molecule has 0 radical (unpaired) electrons. The number of sulfonamides is 2. The van der Waals surface area contributed by atoms with Crippen molar-refractivity contribution in [2.24, 2.45) is 11.8 Å². The highest BCUT2D eigenvalue weighted by molar-refractivity contribution is 7.88. The third-order valence-electron chi connectivity index (χ3n) is 8.51. The van der Waals surface area contributed by atoms with Crippen molar-refractivity contribution >= 4 is 74.8 Å². The number of rotatable bonds is 21. The molecule has 4 aromatic rings. The van der Waals surface area contributed by atoms with Crippen LogP contribution < -0.4 is 0 Å². The molecule has 4 rings (SSSR count). The van der Waals surface area contributed by atoms with Crippen LogP contribution in [-0.2, 0) is 50.6 Å². The quantitative estimate of drug-likeness (QED) is 0.0486. The molecule has 2 heterocycles. The summed E-state index contributed by atoms with van der Waals surface area (Å²) in [7, 11) is -7.71. The molecule has 0 bridgehead atoms. The maximum atomic E-state index is 13.3. The molecule has 0 fully saturated rings. The lowest BCUT2D eigenvalue weighted by Gasteiger charge is -2.32. The van der Waals surface area contributed by atoms with Crippen molar-refractivity contribution in [3.05, 3.63) is 83.1 Å². The second-order valence-corrected chi connectivity index (χ2v) is 21.3. The van der Waals surface area contributed by atoms with Crippen LogP contribution in [0.25, 0.3) is 20.2 Å². The molecule has 0 aliphatic carbocycles. The molecule has 0 aliphatic heterocycles. The topological polar surface area (TPSA) is 168 Å². The zero-order chi connectivity index (χ0) is 42.6. The number of hydrogen-bond donors (Lipinski definition) is 2. The number of hydrogen-bond acceptors (Lipinski definition) is 11. The van der Waals surface area contributed by atoms with E-state index >= 15 is 0 Å². The number of aliphatic hydroxyl groups is 1. The molecular formula is C41H58N2O10S4. The van der Waals surface area contributed by atoms with E-state index in [4.69, 9.17) is 9.47 Å². The summed E-state index contributed by atoms with van der Waals surface area (Å²) in [6.07, 6.45) is 2.12. The minimum Gasteiger partial charge on any atom is -0.480 e. The van der Waals surface area contributed by atoms with E-state index in [0.717, 1.165) is 28.8 Å². The van der Waals surface area contributed by atoms with Crippen molar-refractivity contribution in [2.75, 3.05) is 32.9 Å². The zero-order valence-electron chi connectivity index (χ0n) is 33.9. The van der Waals surface area contributed by atoms with Crippen LogP contribution in [0.3, 0.4) is 0 Å². The first-order valence-corrected chi connectivity index (χ1v) is 23.8. The number of esters is 1. The van der Waals surface area contributed by atoms with E-state index < -0.39 is 49.7 Å². The molecule has 2 atom stereocenters. The van der Waals surface area contributed by atoms with Crippen LogP contribution >= 0.6 is 22.7 Å². The van der Waals surface area contributed by atoms with Gasteiger partial charge in [-0.15, -0.1) is 29.3 Å². The predicted octanol–water partition coefficient (Wildman–Crippen LogP) is 7.52. The number of carboxylic acids is 1. The Bertz CT molecular complexity index is 2140. The Kier molecular flexibility index (Phi) is 18.3. The maximum Gasteiger partial charge on any atom is 0.324 e. The van der Waals surface area contributed by atoms with Crippen LogP contribution in [0.4, 0.5) is 0 Å². The number of thiophene rings is 2. The smallest absolute Gasteiger partial charge is 0.324 e. The first-order valence-electron chi connectivity index (χ1n) is 18.8. The van der Waals surface area contributed by atoms with Gasteiger partial charge in [0, 0.05) is 22.5 Å². The number of carboxylic acid groups (broad SMARTS) is 1. The predicted molar refractivity (Wildman–Crippen MR) is 230 cm³/mol. The van der Waals surface area contributed by atoms with Crippen LogP contribution in [0, 0.1) is 11.8 Å². The largest absolute Gasteiger partial charge is 0.480 e. The van der Waals surface area contributed by atoms with Gasteiger partial charge in [0.1, 0.15) is 17.7 Å². The number of aliphatic carboxylic acids is 1. The Morgan fingerprint density at radius 2 is 1.26 bits per heavy atom. The van der Waals surface area contributed by atoms with Crippen LogP contribution in [0.15, 0.2) is 71.9 Å². The molecule has 0 amide bonds. The summed E-state index contributed by atoms with van der Waals surface area (Å²) in [5.74, 6) is -2.11. The van der Waals surface area contributed by atoms with Crippen LogP contribution in [0.2, 0.25) is 0 Å². The molecule has 57 heavy (non-hydrogen) atoms. The van der Waals surface area contributed by atoms with E-state index in [9.17, 15) is 36.6 Å². The molecular weight excluding hydrogens is 809 g/mol. The SMILES string of the molecule is C=CCOCCN([C@H](CC(C)C)C(=O)O)S(=O)(=O)Cc1ccc2sccc2c1.CC(C)C[C@H](C(=O)OC(C)(C)C)N(CCO)S(=O)(=O)Cc1ccc2sccc2c1. The van der Waals surface area contributed by atoms with E-state index in [1.54, 1.807) is 61.7 Å². The molecule has 0 spiro atoms. The maximum absolute atomic E-state index is 13.3. The summed E-state index contributed by atoms with van der Waals surface area (Å²) >= 11 is 3.18. The highest BCUT2D eigenvalue weighted by atomic mass is 32.2. The molecule has 2 aromatic heterocycles. The summed E-state index contributed by atoms with van der Waals surface area (Å²) in [4.78, 5) is 24.7. The van der Waals surface area contributed by atoms with Gasteiger partial charge in [-0.1, -0.05) is 45.9 Å². The Morgan fingerprint density at radius 3 is 1.68 bits per heavy atom. The van der Waals surface area contributed by atoms with Crippen LogP contribution in [0.5, 0.6) is 0 Å². The number of nitrogens with zero attached hydrogens (tertiary/aromatic N) is 2. The van der Waals surface area contributed by atoms with Crippen molar-refractivity contribution in [1.82, 2.24) is 8.61 Å². The molecule has 12 nitrogen and oxygen atoms in total. The van der Waals surface area contributed by atoms with Crippen molar-refractivity contribution in [3.63, 3.8) is 0 Å². The lowest BCUT2D eigenvalue weighted by Crippen LogP contribution is -2.49. The first kappa shape index (κ1) is 48.2. The van der Waals surface area contributed by atoms with E-state index in [1.807, 2.05) is 74.9 Å². The van der Waals surface area contributed by atoms with Gasteiger partial charge in [0.15, 0.2) is 0 Å². The number of aliphatic hydroxyl groups excluding tert-OH is 1. The second kappa shape index (κ2) is 21.7. The molecule has 0 aliphatic rings. The first-order chi connectivity index (χ1) is 26.7. The third-order valence-corrected chi connectivity index (χ3v) is 14.0. The average Bonchev–Trinajstić information content (AvgIpc) is 3.77. The van der Waals surface area contributed by atoms with Gasteiger partial charge in [-0.25, -0.2) is 16.8 Å². The summed E-state index contributed by atoms with van der Waals surface area (Å²) in [6, 6.07) is 12.9. The van der Waals surface area contributed by atoms with Crippen molar-refractivity contribution in [2.45, 2.75) is 90.5 Å². The van der Waals surface area contributed by atoms with E-state index in [0.29, 0.717) is 17.5 Å². The molecule has 16 heteroatoms. The number of ether oxygens (including phenoxy) is 2. The highest BCUT2D eigenvalue weighted by Crippen LogP contribution is 2.27. The molecule has 0 saturated heterocycles. The van der Waals surface area contributed by atoms with Crippen molar-refractivity contribution in [1.29, 1.82) is 0 Å². The van der Waals surface area contributed by atoms with Gasteiger partial charge in [-0.2, -0.15) is 8.61 Å². The van der Waals surface area contributed by atoms with E-state index in [2.05, 4.69) is 6.58 Å². The fraction of sp³-hybridized carbons (Fsp3) is 0.512. The Hall–Kier alpha value is -3.22. The number of fused-ring (bicyclic) bond motifs is 2. The summed E-state index contributed by atoms with van der Waals surface area (Å²) in [5, 5.41) is 25.1. The zero-order valence-corrected chi connectivity index (χ0v) is 37.2. The molecule has 2 N–H and O–H groups in total. The number of benzene rings is 2. The molecule has 0 unspecified atom stereocenters. The van der Waals surface area contributed by atoms with E-state index in [1.165, 1.54) is 0 Å². The highest BCUT2D eigenvalue weighted by Gasteiger charge is 2.38. The lowest BCUT2D eigenvalue weighted by molar-refractivity contribution is -0.160.